The minimum atomic E-state index is -0.625. The molecule has 158 valence electrons. The predicted molar refractivity (Wildman–Crippen MR) is 124 cm³/mol. The van der Waals surface area contributed by atoms with Crippen LogP contribution >= 0.6 is 0 Å². The lowest BCUT2D eigenvalue weighted by molar-refractivity contribution is -0.117. The topological polar surface area (TPSA) is 143 Å². The second-order valence-corrected chi connectivity index (χ2v) is 7.19. The summed E-state index contributed by atoms with van der Waals surface area (Å²) >= 11 is 0. The predicted octanol–water partition coefficient (Wildman–Crippen LogP) is 3.28. The highest BCUT2D eigenvalue weighted by molar-refractivity contribution is 5.96. The van der Waals surface area contributed by atoms with E-state index >= 15 is 0 Å². The van der Waals surface area contributed by atoms with E-state index in [4.69, 9.17) is 22.5 Å². The lowest BCUT2D eigenvalue weighted by Gasteiger charge is -2.20. The maximum Gasteiger partial charge on any atom is 0.231 e. The van der Waals surface area contributed by atoms with Crippen molar-refractivity contribution in [3.8, 4) is 6.07 Å². The van der Waals surface area contributed by atoms with Gasteiger partial charge in [0, 0.05) is 22.6 Å². The molecule has 0 aliphatic rings. The first-order valence-electron chi connectivity index (χ1n) is 9.99. The summed E-state index contributed by atoms with van der Waals surface area (Å²) in [4.78, 5) is 13.0. The molecular weight excluding hydrogens is 388 g/mol. The zero-order valence-electron chi connectivity index (χ0n) is 17.1. The molecule has 7 nitrogen and oxygen atoms in total. The molecule has 2 atom stereocenters. The Bertz CT molecular complexity index is 1080. The summed E-state index contributed by atoms with van der Waals surface area (Å²) in [6, 6.07) is 23.9. The van der Waals surface area contributed by atoms with Gasteiger partial charge >= 0.3 is 0 Å². The van der Waals surface area contributed by atoms with Gasteiger partial charge < -0.3 is 27.8 Å². The lowest BCUT2D eigenvalue weighted by atomic mass is 9.94. The molecule has 0 spiro atoms. The fraction of sp³-hybridized carbons (Fsp3) is 0.167. The molecule has 1 amide bonds. The quantitative estimate of drug-likeness (QED) is 0.283. The largest absolute Gasteiger partial charge is 0.398 e. The Kier molecular flexibility index (Phi) is 7.22. The fourth-order valence-electron chi connectivity index (χ4n) is 3.39. The normalized spacial score (nSPS) is 12.4. The van der Waals surface area contributed by atoms with Gasteiger partial charge in [-0.1, -0.05) is 36.4 Å². The molecule has 0 aromatic heterocycles. The smallest absolute Gasteiger partial charge is 0.231 e. The van der Waals surface area contributed by atoms with E-state index in [9.17, 15) is 4.79 Å². The average Bonchev–Trinajstić information content (AvgIpc) is 2.79. The first kappa shape index (κ1) is 21.8. The third-order valence-electron chi connectivity index (χ3n) is 4.98. The highest BCUT2D eigenvalue weighted by Gasteiger charge is 2.20. The van der Waals surface area contributed by atoms with Crippen LogP contribution < -0.4 is 27.8 Å². The van der Waals surface area contributed by atoms with E-state index in [1.165, 1.54) is 0 Å². The van der Waals surface area contributed by atoms with Gasteiger partial charge in [0.15, 0.2) is 0 Å². The summed E-state index contributed by atoms with van der Waals surface area (Å²) in [5.41, 5.74) is 22.0. The Balaban J connectivity index is 1.78. The molecule has 0 saturated heterocycles. The van der Waals surface area contributed by atoms with Gasteiger partial charge in [-0.25, -0.2) is 0 Å². The molecular formula is C24H26N6O. The first-order valence-corrected chi connectivity index (χ1v) is 9.99. The van der Waals surface area contributed by atoms with Crippen LogP contribution in [0.1, 0.15) is 35.2 Å². The second kappa shape index (κ2) is 10.3. The van der Waals surface area contributed by atoms with Gasteiger partial charge in [0.1, 0.15) is 6.17 Å². The van der Waals surface area contributed by atoms with Gasteiger partial charge in [-0.2, -0.15) is 5.26 Å². The van der Waals surface area contributed by atoms with Gasteiger partial charge in [-0.3, -0.25) is 4.79 Å². The third kappa shape index (κ3) is 5.60. The van der Waals surface area contributed by atoms with Crippen molar-refractivity contribution in [2.24, 2.45) is 11.5 Å². The minimum Gasteiger partial charge on any atom is -0.398 e. The summed E-state index contributed by atoms with van der Waals surface area (Å²) in [7, 11) is 0. The van der Waals surface area contributed by atoms with Gasteiger partial charge in [0.25, 0.3) is 0 Å². The van der Waals surface area contributed by atoms with Crippen molar-refractivity contribution < 1.29 is 4.79 Å². The molecule has 7 heteroatoms. The van der Waals surface area contributed by atoms with Crippen molar-refractivity contribution in [2.75, 3.05) is 22.9 Å². The van der Waals surface area contributed by atoms with Crippen LogP contribution in [-0.4, -0.2) is 12.5 Å². The zero-order valence-corrected chi connectivity index (χ0v) is 17.1. The number of carbonyl (C=O) groups excluding carboxylic acids is 1. The first-order chi connectivity index (χ1) is 15.0. The molecule has 3 aromatic rings. The van der Waals surface area contributed by atoms with Crippen LogP contribution in [-0.2, 0) is 4.79 Å². The van der Waals surface area contributed by atoms with Crippen LogP contribution in [0.5, 0.6) is 0 Å². The zero-order chi connectivity index (χ0) is 22.2. The molecule has 0 bridgehead atoms. The van der Waals surface area contributed by atoms with E-state index in [0.29, 0.717) is 41.2 Å². The van der Waals surface area contributed by atoms with Crippen molar-refractivity contribution in [3.05, 3.63) is 89.5 Å². The van der Waals surface area contributed by atoms with Crippen LogP contribution in [0.2, 0.25) is 0 Å². The van der Waals surface area contributed by atoms with Crippen molar-refractivity contribution in [1.82, 2.24) is 0 Å². The highest BCUT2D eigenvalue weighted by atomic mass is 16.1. The summed E-state index contributed by atoms with van der Waals surface area (Å²) in [6.45, 7) is 0.399. The van der Waals surface area contributed by atoms with E-state index in [1.807, 2.05) is 36.4 Å². The van der Waals surface area contributed by atoms with Gasteiger partial charge in [-0.05, 0) is 54.9 Å². The molecule has 0 heterocycles. The molecule has 3 aromatic carbocycles. The van der Waals surface area contributed by atoms with Gasteiger partial charge in [0.05, 0.1) is 17.6 Å². The van der Waals surface area contributed by atoms with Crippen LogP contribution in [0.3, 0.4) is 0 Å². The molecule has 0 aliphatic carbocycles. The maximum atomic E-state index is 13.0. The number of nitriles is 1. The van der Waals surface area contributed by atoms with Gasteiger partial charge in [-0.15, -0.1) is 0 Å². The summed E-state index contributed by atoms with van der Waals surface area (Å²) in [6.07, 6.45) is -0.0895. The van der Waals surface area contributed by atoms with Crippen molar-refractivity contribution >= 4 is 23.0 Å². The Labute approximate surface area is 181 Å². The van der Waals surface area contributed by atoms with E-state index in [-0.39, 0.29) is 11.8 Å². The Morgan fingerprint density at radius 2 is 1.77 bits per heavy atom. The molecule has 0 fully saturated rings. The molecule has 8 N–H and O–H groups in total. The molecule has 3 rings (SSSR count). The SMILES string of the molecule is N#Cc1cccc(NC(N)c2cc(NC(=O)C(CCN)c3ccccc3)ccc2N)c1. The molecule has 2 unspecified atom stereocenters. The van der Waals surface area contributed by atoms with Crippen molar-refractivity contribution in [2.45, 2.75) is 18.5 Å². The summed E-state index contributed by atoms with van der Waals surface area (Å²) < 4.78 is 0. The number of nitrogens with zero attached hydrogens (tertiary/aromatic N) is 1. The average molecular weight is 415 g/mol. The van der Waals surface area contributed by atoms with E-state index in [1.54, 1.807) is 36.4 Å². The van der Waals surface area contributed by atoms with Gasteiger partial charge in [0.2, 0.25) is 5.91 Å². The van der Waals surface area contributed by atoms with Crippen LogP contribution in [0.25, 0.3) is 0 Å². The minimum absolute atomic E-state index is 0.143. The number of anilines is 3. The Morgan fingerprint density at radius 1 is 1.00 bits per heavy atom. The maximum absolute atomic E-state index is 13.0. The van der Waals surface area contributed by atoms with E-state index < -0.39 is 6.17 Å². The lowest BCUT2D eigenvalue weighted by Crippen LogP contribution is -2.24. The van der Waals surface area contributed by atoms with Crippen LogP contribution in [0, 0.1) is 11.3 Å². The van der Waals surface area contributed by atoms with Crippen LogP contribution in [0.15, 0.2) is 72.8 Å². The number of nitrogens with one attached hydrogen (secondary N) is 2. The number of nitrogen functional groups attached to an aromatic ring is 1. The number of amides is 1. The molecule has 0 aliphatic heterocycles. The molecule has 0 radical (unpaired) electrons. The number of carbonyl (C=O) groups is 1. The van der Waals surface area contributed by atoms with E-state index in [2.05, 4.69) is 16.7 Å². The van der Waals surface area contributed by atoms with Crippen molar-refractivity contribution in [3.63, 3.8) is 0 Å². The monoisotopic (exact) mass is 414 g/mol. The summed E-state index contributed by atoms with van der Waals surface area (Å²) in [5.74, 6) is -0.497. The second-order valence-electron chi connectivity index (χ2n) is 7.19. The van der Waals surface area contributed by atoms with Crippen LogP contribution in [0.4, 0.5) is 17.1 Å². The van der Waals surface area contributed by atoms with Crippen molar-refractivity contribution in [1.29, 1.82) is 5.26 Å². The number of hydrogen-bond donors (Lipinski definition) is 5. The summed E-state index contributed by atoms with van der Waals surface area (Å²) in [5, 5.41) is 15.2. The third-order valence-corrected chi connectivity index (χ3v) is 4.98. The molecule has 31 heavy (non-hydrogen) atoms. The standard InChI is InChI=1S/C24H26N6O/c25-12-11-20(17-6-2-1-3-7-17)24(31)30-19-9-10-22(27)21(14-19)23(28)29-18-8-4-5-16(13-18)15-26/h1-10,13-14,20,23,29H,11-12,25,27-28H2,(H,30,31). The Morgan fingerprint density at radius 3 is 2.48 bits per heavy atom. The molecule has 0 saturated carbocycles. The number of rotatable bonds is 8. The highest BCUT2D eigenvalue weighted by Crippen LogP contribution is 2.27. The Hall–Kier alpha value is -3.86. The number of nitrogens with two attached hydrogens (primary N) is 3. The van der Waals surface area contributed by atoms with E-state index in [0.717, 1.165) is 5.56 Å². The number of hydrogen-bond acceptors (Lipinski definition) is 6. The fourth-order valence-corrected chi connectivity index (χ4v) is 3.39. The number of benzene rings is 3.